The van der Waals surface area contributed by atoms with E-state index < -0.39 is 5.97 Å². The van der Waals surface area contributed by atoms with Crippen LogP contribution in [0.1, 0.15) is 35.6 Å². The lowest BCUT2D eigenvalue weighted by Gasteiger charge is -2.37. The molecule has 0 amide bonds. The summed E-state index contributed by atoms with van der Waals surface area (Å²) in [7, 11) is 3.28. The fraction of sp³-hybridized carbons (Fsp3) is 0.321. The Hall–Kier alpha value is -3.51. The highest BCUT2D eigenvalue weighted by atomic mass is 16.5. The van der Waals surface area contributed by atoms with Crippen molar-refractivity contribution in [1.29, 1.82) is 0 Å². The molecule has 1 N–H and O–H groups in total. The summed E-state index contributed by atoms with van der Waals surface area (Å²) in [5.41, 5.74) is 3.18. The SMILES string of the molecule is COc1ccc(C(c2ccc(OCc3ccccc3)c(OC)c2)N2CCCC(C(=O)O)C2)cc1. The molecule has 1 heterocycles. The van der Waals surface area contributed by atoms with Crippen LogP contribution in [0.3, 0.4) is 0 Å². The third-order valence-corrected chi connectivity index (χ3v) is 6.34. The number of carboxylic acids is 1. The van der Waals surface area contributed by atoms with Gasteiger partial charge in [-0.05, 0) is 60.3 Å². The second kappa shape index (κ2) is 11.1. The molecule has 3 aromatic carbocycles. The Balaban J connectivity index is 1.65. The van der Waals surface area contributed by atoms with E-state index in [2.05, 4.69) is 4.90 Å². The summed E-state index contributed by atoms with van der Waals surface area (Å²) >= 11 is 0. The normalized spacial score (nSPS) is 17.1. The Bertz CT molecular complexity index is 1080. The van der Waals surface area contributed by atoms with Crippen molar-refractivity contribution < 1.29 is 24.1 Å². The van der Waals surface area contributed by atoms with Crippen molar-refractivity contribution in [2.45, 2.75) is 25.5 Å². The number of carbonyl (C=O) groups is 1. The van der Waals surface area contributed by atoms with E-state index >= 15 is 0 Å². The molecule has 0 aliphatic carbocycles. The van der Waals surface area contributed by atoms with Gasteiger partial charge in [0.25, 0.3) is 0 Å². The molecule has 2 atom stereocenters. The maximum Gasteiger partial charge on any atom is 0.307 e. The molecule has 34 heavy (non-hydrogen) atoms. The minimum Gasteiger partial charge on any atom is -0.497 e. The van der Waals surface area contributed by atoms with Crippen LogP contribution in [0, 0.1) is 5.92 Å². The number of aliphatic carboxylic acids is 1. The molecule has 6 nitrogen and oxygen atoms in total. The molecule has 3 aromatic rings. The molecule has 0 saturated carbocycles. The van der Waals surface area contributed by atoms with Gasteiger partial charge in [-0.1, -0.05) is 48.5 Å². The summed E-state index contributed by atoms with van der Waals surface area (Å²) in [5.74, 6) is 1.00. The van der Waals surface area contributed by atoms with Crippen LogP contribution >= 0.6 is 0 Å². The van der Waals surface area contributed by atoms with Gasteiger partial charge < -0.3 is 19.3 Å². The number of rotatable bonds is 9. The molecule has 0 aromatic heterocycles. The fourth-order valence-corrected chi connectivity index (χ4v) is 4.55. The number of carboxylic acid groups (broad SMARTS) is 1. The van der Waals surface area contributed by atoms with Gasteiger partial charge >= 0.3 is 5.97 Å². The van der Waals surface area contributed by atoms with Gasteiger partial charge in [-0.2, -0.15) is 0 Å². The van der Waals surface area contributed by atoms with Gasteiger partial charge in [-0.25, -0.2) is 0 Å². The van der Waals surface area contributed by atoms with Gasteiger partial charge in [-0.15, -0.1) is 0 Å². The molecule has 178 valence electrons. The van der Waals surface area contributed by atoms with Crippen LogP contribution in [0.5, 0.6) is 17.2 Å². The number of benzene rings is 3. The zero-order chi connectivity index (χ0) is 23.9. The number of piperidine rings is 1. The van der Waals surface area contributed by atoms with Crippen molar-refractivity contribution in [2.75, 3.05) is 27.3 Å². The summed E-state index contributed by atoms with van der Waals surface area (Å²) in [6.45, 7) is 1.78. The van der Waals surface area contributed by atoms with Crippen LogP contribution in [0.15, 0.2) is 72.8 Å². The fourth-order valence-electron chi connectivity index (χ4n) is 4.55. The largest absolute Gasteiger partial charge is 0.497 e. The van der Waals surface area contributed by atoms with Crippen LogP contribution in [-0.2, 0) is 11.4 Å². The molecule has 1 aliphatic rings. The van der Waals surface area contributed by atoms with Crippen molar-refractivity contribution >= 4 is 5.97 Å². The van der Waals surface area contributed by atoms with Gasteiger partial charge in [0.2, 0.25) is 0 Å². The topological polar surface area (TPSA) is 68.2 Å². The first kappa shape index (κ1) is 23.6. The van der Waals surface area contributed by atoms with Crippen molar-refractivity contribution in [3.05, 3.63) is 89.5 Å². The van der Waals surface area contributed by atoms with Crippen molar-refractivity contribution in [1.82, 2.24) is 4.90 Å². The second-order valence-corrected chi connectivity index (χ2v) is 8.53. The molecule has 2 unspecified atom stereocenters. The van der Waals surface area contributed by atoms with Gasteiger partial charge in [-0.3, -0.25) is 9.69 Å². The molecule has 6 heteroatoms. The summed E-state index contributed by atoms with van der Waals surface area (Å²) in [5, 5.41) is 9.64. The van der Waals surface area contributed by atoms with E-state index in [1.54, 1.807) is 14.2 Å². The van der Waals surface area contributed by atoms with Crippen LogP contribution in [0.25, 0.3) is 0 Å². The predicted octanol–water partition coefficient (Wildman–Crippen LogP) is 5.17. The lowest BCUT2D eigenvalue weighted by atomic mass is 9.91. The molecular weight excluding hydrogens is 430 g/mol. The van der Waals surface area contributed by atoms with E-state index in [9.17, 15) is 9.90 Å². The predicted molar refractivity (Wildman–Crippen MR) is 131 cm³/mol. The number of likely N-dealkylation sites (tertiary alicyclic amines) is 1. The highest BCUT2D eigenvalue weighted by molar-refractivity contribution is 5.70. The number of ether oxygens (including phenoxy) is 3. The van der Waals surface area contributed by atoms with Crippen LogP contribution in [-0.4, -0.2) is 43.3 Å². The first-order chi connectivity index (χ1) is 16.6. The minimum absolute atomic E-state index is 0.106. The van der Waals surface area contributed by atoms with Crippen molar-refractivity contribution in [3.8, 4) is 17.2 Å². The van der Waals surface area contributed by atoms with Crippen LogP contribution < -0.4 is 14.2 Å². The van der Waals surface area contributed by atoms with E-state index in [1.807, 2.05) is 72.8 Å². The Kier molecular flexibility index (Phi) is 7.70. The Labute approximate surface area is 200 Å². The van der Waals surface area contributed by atoms with Gasteiger partial charge in [0.15, 0.2) is 11.5 Å². The van der Waals surface area contributed by atoms with E-state index in [0.717, 1.165) is 35.4 Å². The number of methoxy groups -OCH3 is 2. The summed E-state index contributed by atoms with van der Waals surface area (Å²) in [6.07, 6.45) is 1.55. The van der Waals surface area contributed by atoms with Gasteiger partial charge in [0, 0.05) is 6.54 Å². The Morgan fingerprint density at radius 2 is 1.71 bits per heavy atom. The first-order valence-corrected chi connectivity index (χ1v) is 11.5. The van der Waals surface area contributed by atoms with Crippen LogP contribution in [0.4, 0.5) is 0 Å². The standard InChI is InChI=1S/C28H31NO5/c1-32-24-13-10-21(11-14-24)27(29-16-6-9-23(18-29)28(30)31)22-12-15-25(26(17-22)33-2)34-19-20-7-4-3-5-8-20/h3-5,7-8,10-15,17,23,27H,6,9,16,18-19H2,1-2H3,(H,30,31). The van der Waals surface area contributed by atoms with E-state index in [-0.39, 0.29) is 12.0 Å². The number of hydrogen-bond acceptors (Lipinski definition) is 5. The molecular formula is C28H31NO5. The lowest BCUT2D eigenvalue weighted by Crippen LogP contribution is -2.41. The third kappa shape index (κ3) is 5.51. The monoisotopic (exact) mass is 461 g/mol. The summed E-state index contributed by atoms with van der Waals surface area (Å²) in [6, 6.07) is 23.8. The third-order valence-electron chi connectivity index (χ3n) is 6.34. The van der Waals surface area contributed by atoms with Gasteiger partial charge in [0.05, 0.1) is 26.2 Å². The molecule has 0 bridgehead atoms. The van der Waals surface area contributed by atoms with E-state index in [4.69, 9.17) is 14.2 Å². The average molecular weight is 462 g/mol. The number of nitrogens with zero attached hydrogens (tertiary/aromatic N) is 1. The highest BCUT2D eigenvalue weighted by Crippen LogP contribution is 2.38. The smallest absolute Gasteiger partial charge is 0.307 e. The average Bonchev–Trinajstić information content (AvgIpc) is 2.89. The Morgan fingerprint density at radius 1 is 0.971 bits per heavy atom. The van der Waals surface area contributed by atoms with Crippen molar-refractivity contribution in [3.63, 3.8) is 0 Å². The maximum absolute atomic E-state index is 11.7. The second-order valence-electron chi connectivity index (χ2n) is 8.53. The quantitative estimate of drug-likeness (QED) is 0.474. The maximum atomic E-state index is 11.7. The highest BCUT2D eigenvalue weighted by Gasteiger charge is 2.31. The minimum atomic E-state index is -0.736. The zero-order valence-electron chi connectivity index (χ0n) is 19.6. The molecule has 4 rings (SSSR count). The van der Waals surface area contributed by atoms with Crippen LogP contribution in [0.2, 0.25) is 0 Å². The number of hydrogen-bond donors (Lipinski definition) is 1. The molecule has 1 fully saturated rings. The van der Waals surface area contributed by atoms with Gasteiger partial charge in [0.1, 0.15) is 12.4 Å². The van der Waals surface area contributed by atoms with E-state index in [0.29, 0.717) is 31.1 Å². The summed E-state index contributed by atoms with van der Waals surface area (Å²) in [4.78, 5) is 14.0. The summed E-state index contributed by atoms with van der Waals surface area (Å²) < 4.78 is 17.1. The lowest BCUT2D eigenvalue weighted by molar-refractivity contribution is -0.143. The molecule has 0 radical (unpaired) electrons. The molecule has 0 spiro atoms. The van der Waals surface area contributed by atoms with Crippen molar-refractivity contribution in [2.24, 2.45) is 5.92 Å². The molecule has 1 aliphatic heterocycles. The first-order valence-electron chi connectivity index (χ1n) is 11.5. The zero-order valence-corrected chi connectivity index (χ0v) is 19.6. The van der Waals surface area contributed by atoms with E-state index in [1.165, 1.54) is 0 Å². The Morgan fingerprint density at radius 3 is 2.38 bits per heavy atom. The molecule has 1 saturated heterocycles.